The van der Waals surface area contributed by atoms with Crippen LogP contribution >= 0.6 is 0 Å². The van der Waals surface area contributed by atoms with Crippen LogP contribution in [0.15, 0.2) is 41.9 Å². The summed E-state index contributed by atoms with van der Waals surface area (Å²) >= 11 is 0. The molecule has 0 atom stereocenters. The highest BCUT2D eigenvalue weighted by molar-refractivity contribution is 5.53. The van der Waals surface area contributed by atoms with E-state index in [-0.39, 0.29) is 11.6 Å². The third kappa shape index (κ3) is 3.89. The Morgan fingerprint density at radius 2 is 2.22 bits per heavy atom. The Morgan fingerprint density at radius 1 is 1.50 bits per heavy atom. The van der Waals surface area contributed by atoms with Gasteiger partial charge in [0, 0.05) is 0 Å². The molecule has 0 fully saturated rings. The van der Waals surface area contributed by atoms with Crippen molar-refractivity contribution < 1.29 is 9.13 Å². The molecule has 0 spiro atoms. The molecule has 0 amide bonds. The number of hydrogen-bond donors (Lipinski definition) is 2. The van der Waals surface area contributed by atoms with E-state index in [4.69, 9.17) is 10.6 Å². The molecule has 1 aromatic rings. The number of allylic oxidation sites excluding steroid dienone is 3. The predicted molar refractivity (Wildman–Crippen MR) is 72.9 cm³/mol. The molecule has 1 rings (SSSR count). The molecule has 98 valence electrons. The van der Waals surface area contributed by atoms with E-state index in [2.05, 4.69) is 5.43 Å². The molecule has 1 aromatic carbocycles. The number of ether oxygens (including phenoxy) is 1. The molecular formula is C14H19FN2O. The second kappa shape index (κ2) is 6.81. The van der Waals surface area contributed by atoms with Crippen molar-refractivity contribution in [2.45, 2.75) is 27.2 Å². The molecule has 0 aromatic heterocycles. The third-order valence-corrected chi connectivity index (χ3v) is 2.43. The zero-order valence-corrected chi connectivity index (χ0v) is 11.0. The lowest BCUT2D eigenvalue weighted by atomic mass is 10.2. The van der Waals surface area contributed by atoms with Crippen molar-refractivity contribution in [1.82, 2.24) is 0 Å². The average Bonchev–Trinajstić information content (AvgIpc) is 2.34. The summed E-state index contributed by atoms with van der Waals surface area (Å²) in [6.45, 7) is 5.25. The molecule has 18 heavy (non-hydrogen) atoms. The number of rotatable bonds is 5. The lowest BCUT2D eigenvalue weighted by molar-refractivity contribution is 0.413. The van der Waals surface area contributed by atoms with Crippen LogP contribution in [0.5, 0.6) is 5.75 Å². The summed E-state index contributed by atoms with van der Waals surface area (Å²) in [6, 6.07) is 5.34. The van der Waals surface area contributed by atoms with E-state index in [0.717, 1.165) is 17.7 Å². The number of nitrogen functional groups attached to an aromatic ring is 1. The van der Waals surface area contributed by atoms with Crippen LogP contribution in [0.3, 0.4) is 0 Å². The van der Waals surface area contributed by atoms with Crippen molar-refractivity contribution in [2.24, 2.45) is 5.84 Å². The van der Waals surface area contributed by atoms with Crippen molar-refractivity contribution in [3.8, 4) is 5.75 Å². The molecule has 0 saturated heterocycles. The number of aryl methyl sites for hydroxylation is 1. The minimum absolute atomic E-state index is 0.227. The number of nitrogens with two attached hydrogens (primary N) is 1. The molecular weight excluding hydrogens is 231 g/mol. The lowest BCUT2D eigenvalue weighted by Crippen LogP contribution is -2.08. The van der Waals surface area contributed by atoms with Crippen molar-refractivity contribution in [3.05, 3.63) is 47.5 Å². The van der Waals surface area contributed by atoms with E-state index in [1.54, 1.807) is 24.3 Å². The number of anilines is 1. The summed E-state index contributed by atoms with van der Waals surface area (Å²) in [6.07, 6.45) is 4.32. The van der Waals surface area contributed by atoms with Crippen LogP contribution in [0, 0.1) is 6.92 Å². The first kappa shape index (κ1) is 14.3. The quantitative estimate of drug-likeness (QED) is 0.361. The van der Waals surface area contributed by atoms with Crippen LogP contribution < -0.4 is 16.0 Å². The topological polar surface area (TPSA) is 47.3 Å². The Hall–Kier alpha value is -1.81. The van der Waals surface area contributed by atoms with E-state index in [1.165, 1.54) is 6.92 Å². The first-order valence-electron chi connectivity index (χ1n) is 5.86. The molecule has 0 aliphatic rings. The Bertz CT molecular complexity index is 463. The predicted octanol–water partition coefficient (Wildman–Crippen LogP) is 3.83. The van der Waals surface area contributed by atoms with Crippen molar-refractivity contribution in [1.29, 1.82) is 0 Å². The van der Waals surface area contributed by atoms with Crippen LogP contribution in [-0.4, -0.2) is 0 Å². The van der Waals surface area contributed by atoms with Crippen LogP contribution in [0.2, 0.25) is 0 Å². The summed E-state index contributed by atoms with van der Waals surface area (Å²) in [4.78, 5) is 0. The van der Waals surface area contributed by atoms with Gasteiger partial charge in [-0.2, -0.15) is 0 Å². The fraction of sp³-hybridized carbons (Fsp3) is 0.286. The van der Waals surface area contributed by atoms with Gasteiger partial charge in [-0.3, -0.25) is 5.84 Å². The zero-order valence-electron chi connectivity index (χ0n) is 11.0. The van der Waals surface area contributed by atoms with Gasteiger partial charge < -0.3 is 10.2 Å². The van der Waals surface area contributed by atoms with Gasteiger partial charge in [0.1, 0.15) is 11.6 Å². The molecule has 0 bridgehead atoms. The Kier molecular flexibility index (Phi) is 5.39. The van der Waals surface area contributed by atoms with E-state index in [0.29, 0.717) is 5.75 Å². The van der Waals surface area contributed by atoms with E-state index in [1.807, 2.05) is 19.9 Å². The molecule has 0 unspecified atom stereocenters. The largest absolute Gasteiger partial charge is 0.455 e. The number of hydrogen-bond acceptors (Lipinski definition) is 3. The molecule has 0 aliphatic heterocycles. The molecule has 4 heteroatoms. The van der Waals surface area contributed by atoms with Gasteiger partial charge in [0.2, 0.25) is 0 Å². The highest BCUT2D eigenvalue weighted by atomic mass is 19.1. The summed E-state index contributed by atoms with van der Waals surface area (Å²) in [7, 11) is 0. The molecule has 0 heterocycles. The SMILES string of the molecule is CC/C=C\C(Oc1ccc(NN)c(C)c1)=C(/C)F. The minimum Gasteiger partial charge on any atom is -0.455 e. The van der Waals surface area contributed by atoms with Crippen LogP contribution in [0.4, 0.5) is 10.1 Å². The number of nitrogens with one attached hydrogen (secondary N) is 1. The van der Waals surface area contributed by atoms with Gasteiger partial charge in [0.25, 0.3) is 0 Å². The first-order valence-corrected chi connectivity index (χ1v) is 5.86. The normalized spacial score (nSPS) is 12.5. The van der Waals surface area contributed by atoms with Crippen molar-refractivity contribution in [2.75, 3.05) is 5.43 Å². The lowest BCUT2D eigenvalue weighted by Gasteiger charge is -2.10. The first-order chi connectivity index (χ1) is 8.58. The zero-order chi connectivity index (χ0) is 13.5. The second-order valence-corrected chi connectivity index (χ2v) is 3.93. The van der Waals surface area contributed by atoms with Crippen LogP contribution in [0.1, 0.15) is 25.8 Å². The molecule has 3 N–H and O–H groups in total. The maximum Gasteiger partial charge on any atom is 0.158 e. The Balaban J connectivity index is 2.92. The fourth-order valence-electron chi connectivity index (χ4n) is 1.43. The van der Waals surface area contributed by atoms with Crippen LogP contribution in [-0.2, 0) is 0 Å². The van der Waals surface area contributed by atoms with Gasteiger partial charge in [0.05, 0.1) is 5.69 Å². The van der Waals surface area contributed by atoms with E-state index in [9.17, 15) is 4.39 Å². The van der Waals surface area contributed by atoms with Gasteiger partial charge in [-0.15, -0.1) is 0 Å². The fourth-order valence-corrected chi connectivity index (χ4v) is 1.43. The third-order valence-electron chi connectivity index (χ3n) is 2.43. The highest BCUT2D eigenvalue weighted by Crippen LogP contribution is 2.23. The van der Waals surface area contributed by atoms with E-state index >= 15 is 0 Å². The van der Waals surface area contributed by atoms with E-state index < -0.39 is 0 Å². The number of halogens is 1. The van der Waals surface area contributed by atoms with Gasteiger partial charge in [-0.25, -0.2) is 4.39 Å². The van der Waals surface area contributed by atoms with Crippen molar-refractivity contribution in [3.63, 3.8) is 0 Å². The van der Waals surface area contributed by atoms with Gasteiger partial charge >= 0.3 is 0 Å². The highest BCUT2D eigenvalue weighted by Gasteiger charge is 2.04. The molecule has 0 saturated carbocycles. The standard InChI is InChI=1S/C14H19FN2O/c1-4-5-6-14(11(3)15)18-12-7-8-13(17-16)10(2)9-12/h5-9,17H,4,16H2,1-3H3/b6-5-,14-11-. The maximum atomic E-state index is 13.3. The molecule has 0 radical (unpaired) electrons. The van der Waals surface area contributed by atoms with Crippen molar-refractivity contribution >= 4 is 5.69 Å². The summed E-state index contributed by atoms with van der Waals surface area (Å²) in [5.74, 6) is 5.81. The number of benzene rings is 1. The smallest absolute Gasteiger partial charge is 0.158 e. The summed E-state index contributed by atoms with van der Waals surface area (Å²) in [5.41, 5.74) is 4.33. The maximum absolute atomic E-state index is 13.3. The van der Waals surface area contributed by atoms with Gasteiger partial charge in [-0.05, 0) is 50.1 Å². The Labute approximate surface area is 107 Å². The second-order valence-electron chi connectivity index (χ2n) is 3.93. The summed E-state index contributed by atoms with van der Waals surface area (Å²) in [5, 5.41) is 0. The van der Waals surface area contributed by atoms with Gasteiger partial charge in [0.15, 0.2) is 5.76 Å². The van der Waals surface area contributed by atoms with Gasteiger partial charge in [-0.1, -0.05) is 13.0 Å². The monoisotopic (exact) mass is 250 g/mol. The summed E-state index contributed by atoms with van der Waals surface area (Å²) < 4.78 is 18.8. The minimum atomic E-state index is -0.349. The molecule has 3 nitrogen and oxygen atoms in total. The molecule has 0 aliphatic carbocycles. The Morgan fingerprint density at radius 3 is 2.72 bits per heavy atom. The number of hydrazine groups is 1. The average molecular weight is 250 g/mol. The van der Waals surface area contributed by atoms with Crippen LogP contribution in [0.25, 0.3) is 0 Å².